The molecule has 0 bridgehead atoms. The minimum Gasteiger partial charge on any atom is -0.495 e. The second-order valence-electron chi connectivity index (χ2n) is 6.77. The van der Waals surface area contributed by atoms with Gasteiger partial charge in [0.15, 0.2) is 0 Å². The zero-order valence-electron chi connectivity index (χ0n) is 16.1. The van der Waals surface area contributed by atoms with Crippen LogP contribution in [0.5, 0.6) is 11.5 Å². The molecular weight excluding hydrogens is 380 g/mol. The summed E-state index contributed by atoms with van der Waals surface area (Å²) in [6, 6.07) is 11.8. The molecule has 1 heterocycles. The largest absolute Gasteiger partial charge is 0.495 e. The Morgan fingerprint density at radius 3 is 2.43 bits per heavy atom. The van der Waals surface area contributed by atoms with Crippen molar-refractivity contribution in [3.05, 3.63) is 48.0 Å². The number of hydrogen-bond donors (Lipinski definition) is 1. The molecule has 0 aromatic heterocycles. The molecule has 2 aromatic carbocycles. The highest BCUT2D eigenvalue weighted by molar-refractivity contribution is 7.93. The Labute approximate surface area is 165 Å². The monoisotopic (exact) mass is 404 g/mol. The van der Waals surface area contributed by atoms with E-state index in [1.165, 1.54) is 11.4 Å². The van der Waals surface area contributed by atoms with Crippen LogP contribution in [0.4, 0.5) is 11.4 Å². The van der Waals surface area contributed by atoms with Gasteiger partial charge in [-0.05, 0) is 62.7 Å². The van der Waals surface area contributed by atoms with Gasteiger partial charge in [0, 0.05) is 12.1 Å². The molecule has 1 amide bonds. The molecule has 0 aliphatic carbocycles. The smallest absolute Gasteiger partial charge is 0.255 e. The average molecular weight is 404 g/mol. The average Bonchev–Trinajstić information content (AvgIpc) is 3.01. The summed E-state index contributed by atoms with van der Waals surface area (Å²) in [4.78, 5) is 12.6. The predicted octanol–water partition coefficient (Wildman–Crippen LogP) is 3.27. The standard InChI is InChI=1S/C20H24N2O5S/c1-14(2)27-17-8-5-15(6-9-17)20(23)21-18-13-16(7-10-19(18)26-3)22-11-4-12-28(22,24)25/h5-10,13-14H,4,11-12H2,1-3H3,(H,21,23). The van der Waals surface area contributed by atoms with Crippen LogP contribution in [0.1, 0.15) is 30.6 Å². The zero-order valence-corrected chi connectivity index (χ0v) is 17.0. The first kappa shape index (κ1) is 20.0. The Morgan fingerprint density at radius 2 is 1.86 bits per heavy atom. The summed E-state index contributed by atoms with van der Waals surface area (Å²) in [5.41, 5.74) is 1.38. The maximum Gasteiger partial charge on any atom is 0.255 e. The summed E-state index contributed by atoms with van der Waals surface area (Å²) in [5.74, 6) is 0.945. The summed E-state index contributed by atoms with van der Waals surface area (Å²) in [6.07, 6.45) is 0.634. The van der Waals surface area contributed by atoms with Crippen LogP contribution in [0.15, 0.2) is 42.5 Å². The van der Waals surface area contributed by atoms with Crippen LogP contribution in [0.25, 0.3) is 0 Å². The number of anilines is 2. The van der Waals surface area contributed by atoms with Crippen LogP contribution in [-0.4, -0.2) is 39.8 Å². The molecule has 1 N–H and O–H groups in total. The molecule has 0 unspecified atom stereocenters. The Bertz CT molecular complexity index is 955. The molecular formula is C20H24N2O5S. The second kappa shape index (κ2) is 8.10. The summed E-state index contributed by atoms with van der Waals surface area (Å²) in [5, 5.41) is 2.80. The van der Waals surface area contributed by atoms with Crippen LogP contribution in [0, 0.1) is 0 Å². The first-order valence-corrected chi connectivity index (χ1v) is 10.7. The fourth-order valence-electron chi connectivity index (χ4n) is 3.03. The van der Waals surface area contributed by atoms with Gasteiger partial charge in [-0.25, -0.2) is 8.42 Å². The molecule has 7 nitrogen and oxygen atoms in total. The van der Waals surface area contributed by atoms with Gasteiger partial charge >= 0.3 is 0 Å². The highest BCUT2D eigenvalue weighted by Gasteiger charge is 2.29. The first-order valence-electron chi connectivity index (χ1n) is 9.06. The number of carbonyl (C=O) groups excluding carboxylic acids is 1. The maximum atomic E-state index is 12.6. The zero-order chi connectivity index (χ0) is 20.3. The van der Waals surface area contributed by atoms with Crippen molar-refractivity contribution in [3.63, 3.8) is 0 Å². The molecule has 1 aliphatic rings. The molecule has 0 saturated carbocycles. The van der Waals surface area contributed by atoms with E-state index in [4.69, 9.17) is 9.47 Å². The van der Waals surface area contributed by atoms with Gasteiger partial charge in [0.1, 0.15) is 11.5 Å². The lowest BCUT2D eigenvalue weighted by Gasteiger charge is -2.19. The van der Waals surface area contributed by atoms with Gasteiger partial charge in [0.25, 0.3) is 5.91 Å². The first-order chi connectivity index (χ1) is 13.3. The number of benzene rings is 2. The van der Waals surface area contributed by atoms with E-state index >= 15 is 0 Å². The van der Waals surface area contributed by atoms with Crippen LogP contribution in [0.3, 0.4) is 0 Å². The summed E-state index contributed by atoms with van der Waals surface area (Å²) < 4.78 is 36.6. The third-order valence-corrected chi connectivity index (χ3v) is 6.18. The van der Waals surface area contributed by atoms with E-state index < -0.39 is 10.0 Å². The van der Waals surface area contributed by atoms with E-state index in [-0.39, 0.29) is 17.8 Å². The number of nitrogens with zero attached hydrogens (tertiary/aromatic N) is 1. The lowest BCUT2D eigenvalue weighted by atomic mass is 10.2. The van der Waals surface area contributed by atoms with Gasteiger partial charge in [0.2, 0.25) is 10.0 Å². The molecule has 3 rings (SSSR count). The van der Waals surface area contributed by atoms with Crippen LogP contribution in [0.2, 0.25) is 0 Å². The molecule has 150 valence electrons. The van der Waals surface area contributed by atoms with Crippen molar-refractivity contribution in [1.82, 2.24) is 0 Å². The van der Waals surface area contributed by atoms with E-state index in [1.807, 2.05) is 13.8 Å². The van der Waals surface area contributed by atoms with Crippen molar-refractivity contribution in [2.75, 3.05) is 29.0 Å². The fourth-order valence-corrected chi connectivity index (χ4v) is 4.59. The third kappa shape index (κ3) is 4.39. The number of amides is 1. The number of carbonyl (C=O) groups is 1. The van der Waals surface area contributed by atoms with E-state index in [2.05, 4.69) is 5.32 Å². The lowest BCUT2D eigenvalue weighted by molar-refractivity contribution is 0.102. The van der Waals surface area contributed by atoms with Gasteiger partial charge in [-0.15, -0.1) is 0 Å². The number of methoxy groups -OCH3 is 1. The second-order valence-corrected chi connectivity index (χ2v) is 8.78. The molecule has 1 aliphatic heterocycles. The lowest BCUT2D eigenvalue weighted by Crippen LogP contribution is -2.25. The SMILES string of the molecule is COc1ccc(N2CCCS2(=O)=O)cc1NC(=O)c1ccc(OC(C)C)cc1. The molecule has 2 aromatic rings. The summed E-state index contributed by atoms with van der Waals surface area (Å²) >= 11 is 0. The number of rotatable bonds is 6. The Morgan fingerprint density at radius 1 is 1.14 bits per heavy atom. The van der Waals surface area contributed by atoms with Gasteiger partial charge in [-0.2, -0.15) is 0 Å². The number of sulfonamides is 1. The Hall–Kier alpha value is -2.74. The van der Waals surface area contributed by atoms with E-state index in [1.54, 1.807) is 42.5 Å². The van der Waals surface area contributed by atoms with Crippen molar-refractivity contribution in [3.8, 4) is 11.5 Å². The molecule has 0 spiro atoms. The molecule has 0 atom stereocenters. The van der Waals surface area contributed by atoms with Crippen molar-refractivity contribution in [2.24, 2.45) is 0 Å². The highest BCUT2D eigenvalue weighted by Crippen LogP contribution is 2.33. The molecule has 0 radical (unpaired) electrons. The number of hydrogen-bond acceptors (Lipinski definition) is 5. The van der Waals surface area contributed by atoms with Gasteiger partial charge in [-0.3, -0.25) is 9.10 Å². The van der Waals surface area contributed by atoms with E-state index in [0.717, 1.165) is 0 Å². The Kier molecular flexibility index (Phi) is 5.79. The van der Waals surface area contributed by atoms with E-state index in [0.29, 0.717) is 41.4 Å². The van der Waals surface area contributed by atoms with Crippen molar-refractivity contribution in [1.29, 1.82) is 0 Å². The highest BCUT2D eigenvalue weighted by atomic mass is 32.2. The maximum absolute atomic E-state index is 12.6. The summed E-state index contributed by atoms with van der Waals surface area (Å²) in [6.45, 7) is 4.29. The van der Waals surface area contributed by atoms with Gasteiger partial charge in [0.05, 0.1) is 30.3 Å². The van der Waals surface area contributed by atoms with Crippen molar-refractivity contribution < 1.29 is 22.7 Å². The minimum absolute atomic E-state index is 0.0496. The predicted molar refractivity (Wildman–Crippen MR) is 109 cm³/mol. The Balaban J connectivity index is 1.82. The van der Waals surface area contributed by atoms with Crippen molar-refractivity contribution in [2.45, 2.75) is 26.4 Å². The van der Waals surface area contributed by atoms with Gasteiger partial charge in [-0.1, -0.05) is 0 Å². The molecule has 1 fully saturated rings. The van der Waals surface area contributed by atoms with Crippen LogP contribution in [-0.2, 0) is 10.0 Å². The molecule has 1 saturated heterocycles. The fraction of sp³-hybridized carbons (Fsp3) is 0.350. The minimum atomic E-state index is -3.31. The summed E-state index contributed by atoms with van der Waals surface area (Å²) in [7, 11) is -1.81. The molecule has 8 heteroatoms. The number of ether oxygens (including phenoxy) is 2. The molecule has 28 heavy (non-hydrogen) atoms. The topological polar surface area (TPSA) is 84.9 Å². The van der Waals surface area contributed by atoms with Crippen molar-refractivity contribution >= 4 is 27.3 Å². The normalized spacial score (nSPS) is 15.5. The third-order valence-electron chi connectivity index (χ3n) is 4.31. The number of nitrogens with one attached hydrogen (secondary N) is 1. The van der Waals surface area contributed by atoms with E-state index in [9.17, 15) is 13.2 Å². The van der Waals surface area contributed by atoms with Crippen LogP contribution >= 0.6 is 0 Å². The van der Waals surface area contributed by atoms with Gasteiger partial charge < -0.3 is 14.8 Å². The quantitative estimate of drug-likeness (QED) is 0.799. The van der Waals surface area contributed by atoms with Crippen LogP contribution < -0.4 is 19.1 Å².